The van der Waals surface area contributed by atoms with E-state index >= 15 is 0 Å². The number of nitrogens with zero attached hydrogens (tertiary/aromatic N) is 1. The van der Waals surface area contributed by atoms with E-state index in [9.17, 15) is 0 Å². The van der Waals surface area contributed by atoms with Crippen LogP contribution in [-0.4, -0.2) is 0 Å². The molecule has 5 rings (SSSR count). The molecular weight excluding hydrogens is 366 g/mol. The van der Waals surface area contributed by atoms with Crippen LogP contribution >= 0.6 is 0 Å². The molecule has 2 heterocycles. The molecule has 0 N–H and O–H groups in total. The van der Waals surface area contributed by atoms with Crippen molar-refractivity contribution in [3.63, 3.8) is 0 Å². The number of hydrogen-bond donors (Lipinski definition) is 0. The number of fused-ring (bicyclic) bond motifs is 4. The number of benzene rings is 3. The van der Waals surface area contributed by atoms with Crippen LogP contribution in [0.25, 0.3) is 44.1 Å². The highest BCUT2D eigenvalue weighted by Crippen LogP contribution is 2.39. The fourth-order valence-electron chi connectivity index (χ4n) is 4.73. The molecular formula is C28H28NO+. The van der Waals surface area contributed by atoms with Crippen molar-refractivity contribution < 1.29 is 8.98 Å². The highest BCUT2D eigenvalue weighted by atomic mass is 16.3. The minimum atomic E-state index is 0.437. The van der Waals surface area contributed by atoms with E-state index in [4.69, 9.17) is 4.42 Å². The lowest BCUT2D eigenvalue weighted by Gasteiger charge is -2.14. The van der Waals surface area contributed by atoms with Crippen LogP contribution in [0.2, 0.25) is 0 Å². The van der Waals surface area contributed by atoms with Gasteiger partial charge in [-0.2, -0.15) is 4.57 Å². The largest absolute Gasteiger partial charge is 0.455 e. The van der Waals surface area contributed by atoms with E-state index < -0.39 is 0 Å². The number of hydrogen-bond acceptors (Lipinski definition) is 1. The SMILES string of the molecule is Cc1ccc2c(C(C)C)cc(-c3c(C)c(C)cc4c3oc3ccccc34)[n+](C)c2c1. The smallest absolute Gasteiger partial charge is 0.217 e. The van der Waals surface area contributed by atoms with Gasteiger partial charge >= 0.3 is 0 Å². The van der Waals surface area contributed by atoms with E-state index in [0.717, 1.165) is 11.2 Å². The second kappa shape index (κ2) is 6.70. The van der Waals surface area contributed by atoms with Gasteiger partial charge in [-0.1, -0.05) is 38.1 Å². The highest BCUT2D eigenvalue weighted by Gasteiger charge is 2.25. The topological polar surface area (TPSA) is 17.0 Å². The first-order valence-electron chi connectivity index (χ1n) is 10.7. The monoisotopic (exact) mass is 394 g/mol. The molecule has 0 spiro atoms. The van der Waals surface area contributed by atoms with E-state index in [0.29, 0.717) is 5.92 Å². The molecule has 150 valence electrons. The summed E-state index contributed by atoms with van der Waals surface area (Å²) in [7, 11) is 2.18. The van der Waals surface area contributed by atoms with Gasteiger partial charge in [0.1, 0.15) is 18.2 Å². The highest BCUT2D eigenvalue weighted by molar-refractivity contribution is 6.10. The zero-order valence-electron chi connectivity index (χ0n) is 18.6. The average Bonchev–Trinajstić information content (AvgIpc) is 3.08. The van der Waals surface area contributed by atoms with Gasteiger partial charge < -0.3 is 4.42 Å². The van der Waals surface area contributed by atoms with E-state index in [1.807, 2.05) is 6.07 Å². The van der Waals surface area contributed by atoms with Gasteiger partial charge in [0, 0.05) is 28.3 Å². The Kier molecular flexibility index (Phi) is 4.21. The first kappa shape index (κ1) is 18.9. The first-order chi connectivity index (χ1) is 14.4. The van der Waals surface area contributed by atoms with Gasteiger partial charge in [0.25, 0.3) is 0 Å². The minimum absolute atomic E-state index is 0.437. The van der Waals surface area contributed by atoms with Gasteiger partial charge in [-0.15, -0.1) is 0 Å². The van der Waals surface area contributed by atoms with Crippen molar-refractivity contribution in [3.05, 3.63) is 76.9 Å². The van der Waals surface area contributed by atoms with Crippen LogP contribution in [0.1, 0.15) is 42.0 Å². The van der Waals surface area contributed by atoms with Crippen LogP contribution in [0.3, 0.4) is 0 Å². The number of furan rings is 1. The van der Waals surface area contributed by atoms with E-state index in [2.05, 4.69) is 94.8 Å². The molecule has 2 heteroatoms. The summed E-state index contributed by atoms with van der Waals surface area (Å²) in [5.41, 5.74) is 10.8. The Balaban J connectivity index is 1.97. The fourth-order valence-corrected chi connectivity index (χ4v) is 4.73. The number of pyridine rings is 1. The third-order valence-electron chi connectivity index (χ3n) is 6.55. The number of aryl methyl sites for hydroxylation is 3. The summed E-state index contributed by atoms with van der Waals surface area (Å²) in [6, 6.07) is 19.8. The van der Waals surface area contributed by atoms with Gasteiger partial charge in [0.05, 0.1) is 5.56 Å². The summed E-state index contributed by atoms with van der Waals surface area (Å²) >= 11 is 0. The van der Waals surface area contributed by atoms with Gasteiger partial charge in [-0.05, 0) is 67.1 Å². The molecule has 0 saturated carbocycles. The molecule has 0 atom stereocenters. The number of aromatic nitrogens is 1. The van der Waals surface area contributed by atoms with Crippen LogP contribution in [0, 0.1) is 20.8 Å². The van der Waals surface area contributed by atoms with Crippen molar-refractivity contribution in [2.24, 2.45) is 7.05 Å². The Hall–Kier alpha value is -3.13. The molecule has 30 heavy (non-hydrogen) atoms. The molecule has 5 aromatic rings. The molecule has 0 bridgehead atoms. The Morgan fingerprint density at radius 3 is 2.37 bits per heavy atom. The first-order valence-corrected chi connectivity index (χ1v) is 10.7. The van der Waals surface area contributed by atoms with Crippen molar-refractivity contribution in [1.82, 2.24) is 0 Å². The Bertz CT molecular complexity index is 1450. The van der Waals surface area contributed by atoms with Gasteiger partial charge in [-0.25, -0.2) is 0 Å². The lowest BCUT2D eigenvalue weighted by Crippen LogP contribution is -2.33. The van der Waals surface area contributed by atoms with Crippen molar-refractivity contribution in [3.8, 4) is 11.3 Å². The predicted octanol–water partition coefficient (Wildman–Crippen LogP) is 7.28. The van der Waals surface area contributed by atoms with Crippen LogP contribution in [0.4, 0.5) is 0 Å². The molecule has 2 nitrogen and oxygen atoms in total. The number of rotatable bonds is 2. The Morgan fingerprint density at radius 2 is 1.60 bits per heavy atom. The summed E-state index contributed by atoms with van der Waals surface area (Å²) in [6.07, 6.45) is 0. The van der Waals surface area contributed by atoms with E-state index in [1.165, 1.54) is 55.2 Å². The molecule has 0 unspecified atom stereocenters. The maximum atomic E-state index is 6.45. The van der Waals surface area contributed by atoms with Crippen LogP contribution in [0.5, 0.6) is 0 Å². The van der Waals surface area contributed by atoms with Crippen LogP contribution in [-0.2, 0) is 7.05 Å². The third kappa shape index (κ3) is 2.67. The normalized spacial score (nSPS) is 12.0. The summed E-state index contributed by atoms with van der Waals surface area (Å²) in [6.45, 7) is 11.1. The summed E-state index contributed by atoms with van der Waals surface area (Å²) in [4.78, 5) is 0. The molecule has 0 radical (unpaired) electrons. The van der Waals surface area contributed by atoms with Crippen molar-refractivity contribution in [2.45, 2.75) is 40.5 Å². The third-order valence-corrected chi connectivity index (χ3v) is 6.55. The molecule has 0 amide bonds. The second-order valence-corrected chi connectivity index (χ2v) is 8.89. The van der Waals surface area contributed by atoms with E-state index in [1.54, 1.807) is 0 Å². The summed E-state index contributed by atoms with van der Waals surface area (Å²) in [5.74, 6) is 0.437. The Labute approximate surface area is 177 Å². The molecule has 0 aliphatic heterocycles. The molecule has 2 aromatic heterocycles. The van der Waals surface area contributed by atoms with Gasteiger partial charge in [0.2, 0.25) is 11.2 Å². The quantitative estimate of drug-likeness (QED) is 0.288. The number of para-hydroxylation sites is 1. The lowest BCUT2D eigenvalue weighted by molar-refractivity contribution is -0.633. The maximum absolute atomic E-state index is 6.45. The van der Waals surface area contributed by atoms with Crippen molar-refractivity contribution in [2.75, 3.05) is 0 Å². The van der Waals surface area contributed by atoms with Gasteiger partial charge in [0.15, 0.2) is 0 Å². The zero-order valence-corrected chi connectivity index (χ0v) is 18.6. The van der Waals surface area contributed by atoms with Crippen molar-refractivity contribution >= 4 is 32.8 Å². The summed E-state index contributed by atoms with van der Waals surface area (Å²) < 4.78 is 8.79. The average molecular weight is 395 g/mol. The molecule has 3 aromatic carbocycles. The van der Waals surface area contributed by atoms with Gasteiger partial charge in [-0.3, -0.25) is 0 Å². The molecule has 0 fully saturated rings. The van der Waals surface area contributed by atoms with Crippen LogP contribution in [0.15, 0.2) is 59.0 Å². The Morgan fingerprint density at radius 1 is 0.833 bits per heavy atom. The second-order valence-electron chi connectivity index (χ2n) is 8.89. The molecule has 0 aliphatic rings. The lowest BCUT2D eigenvalue weighted by atomic mass is 9.92. The maximum Gasteiger partial charge on any atom is 0.217 e. The van der Waals surface area contributed by atoms with Crippen molar-refractivity contribution in [1.29, 1.82) is 0 Å². The molecule has 0 saturated heterocycles. The molecule has 0 aliphatic carbocycles. The summed E-state index contributed by atoms with van der Waals surface area (Å²) in [5, 5.41) is 3.70. The fraction of sp³-hybridized carbons (Fsp3) is 0.250. The zero-order chi connectivity index (χ0) is 21.2. The minimum Gasteiger partial charge on any atom is -0.455 e. The van der Waals surface area contributed by atoms with Crippen LogP contribution < -0.4 is 4.57 Å². The standard InChI is InChI=1S/C28H28NO/c1-16(2)22-15-25(29(6)24-13-17(3)11-12-20(22)24)27-19(5)18(4)14-23-21-9-7-8-10-26(21)30-28(23)27/h7-16H,1-6H3/q+1. The predicted molar refractivity (Wildman–Crippen MR) is 126 cm³/mol. The van der Waals surface area contributed by atoms with E-state index in [-0.39, 0.29) is 0 Å².